The topological polar surface area (TPSA) is 76.2 Å². The lowest BCUT2D eigenvalue weighted by Gasteiger charge is -2.02. The molecule has 0 atom stereocenters. The van der Waals surface area contributed by atoms with E-state index < -0.39 is 23.2 Å². The molecule has 0 saturated heterocycles. The van der Waals surface area contributed by atoms with E-state index in [-0.39, 0.29) is 17.3 Å². The molecule has 1 N–H and O–H groups in total. The Labute approximate surface area is 120 Å². The molecule has 0 amide bonds. The summed E-state index contributed by atoms with van der Waals surface area (Å²) in [5, 5.41) is 14.6. The summed E-state index contributed by atoms with van der Waals surface area (Å²) in [7, 11) is 0. The molecule has 5 nitrogen and oxygen atoms in total. The van der Waals surface area contributed by atoms with Crippen molar-refractivity contribution in [3.63, 3.8) is 0 Å². The summed E-state index contributed by atoms with van der Waals surface area (Å²) >= 11 is 1.37. The Bertz CT molecular complexity index is 815. The predicted octanol–water partition coefficient (Wildman–Crippen LogP) is 3.44. The quantitative estimate of drug-likeness (QED) is 0.802. The molecule has 0 spiro atoms. The maximum atomic E-state index is 13.3. The lowest BCUT2D eigenvalue weighted by Crippen LogP contribution is -2.02. The number of hydrogen-bond acceptors (Lipinski definition) is 5. The van der Waals surface area contributed by atoms with E-state index in [1.54, 1.807) is 12.1 Å². The highest BCUT2D eigenvalue weighted by atomic mass is 32.1. The first kappa shape index (κ1) is 13.4. The highest BCUT2D eigenvalue weighted by molar-refractivity contribution is 7.13. The molecule has 1 aromatic carbocycles. The standard InChI is InChI=1S/C13H6F2N2O3S/c14-8-4-6(7(13(18)19)5-9(8)15)12-16-11(17-20-12)10-2-1-3-21-10/h1-5H,(H,18,19). The molecule has 2 aromatic heterocycles. The maximum absolute atomic E-state index is 13.3. The van der Waals surface area contributed by atoms with Crippen LogP contribution in [0, 0.1) is 11.6 Å². The van der Waals surface area contributed by atoms with Crippen molar-refractivity contribution in [3.05, 3.63) is 46.8 Å². The van der Waals surface area contributed by atoms with Gasteiger partial charge in [-0.25, -0.2) is 13.6 Å². The van der Waals surface area contributed by atoms with Crippen LogP contribution < -0.4 is 0 Å². The van der Waals surface area contributed by atoms with Crippen molar-refractivity contribution in [2.24, 2.45) is 0 Å². The molecule has 21 heavy (non-hydrogen) atoms. The lowest BCUT2D eigenvalue weighted by atomic mass is 10.1. The second-order valence-corrected chi connectivity index (χ2v) is 4.97. The zero-order valence-corrected chi connectivity index (χ0v) is 11.0. The van der Waals surface area contributed by atoms with Crippen LogP contribution in [0.4, 0.5) is 8.78 Å². The van der Waals surface area contributed by atoms with Gasteiger partial charge in [0.05, 0.1) is 16.0 Å². The van der Waals surface area contributed by atoms with Crippen molar-refractivity contribution < 1.29 is 23.2 Å². The van der Waals surface area contributed by atoms with Gasteiger partial charge in [0.15, 0.2) is 11.6 Å². The third-order valence-corrected chi connectivity index (χ3v) is 3.55. The van der Waals surface area contributed by atoms with Crippen LogP contribution in [0.5, 0.6) is 0 Å². The zero-order chi connectivity index (χ0) is 15.0. The number of benzene rings is 1. The van der Waals surface area contributed by atoms with Crippen LogP contribution in [0.1, 0.15) is 10.4 Å². The van der Waals surface area contributed by atoms with Gasteiger partial charge in [-0.1, -0.05) is 11.2 Å². The monoisotopic (exact) mass is 308 g/mol. The van der Waals surface area contributed by atoms with Crippen molar-refractivity contribution in [3.8, 4) is 22.2 Å². The maximum Gasteiger partial charge on any atom is 0.336 e. The molecule has 3 aromatic rings. The fraction of sp³-hybridized carbons (Fsp3) is 0. The Hall–Kier alpha value is -2.61. The molecule has 0 bridgehead atoms. The molecule has 0 unspecified atom stereocenters. The van der Waals surface area contributed by atoms with Crippen molar-refractivity contribution >= 4 is 17.3 Å². The minimum Gasteiger partial charge on any atom is -0.478 e. The number of carboxylic acids is 1. The van der Waals surface area contributed by atoms with Gasteiger partial charge < -0.3 is 9.63 Å². The van der Waals surface area contributed by atoms with Crippen LogP contribution in [-0.4, -0.2) is 21.2 Å². The normalized spacial score (nSPS) is 10.8. The van der Waals surface area contributed by atoms with Gasteiger partial charge in [0.1, 0.15) is 0 Å². The third kappa shape index (κ3) is 2.40. The molecule has 0 aliphatic carbocycles. The number of aromatic nitrogens is 2. The van der Waals surface area contributed by atoms with Gasteiger partial charge in [-0.3, -0.25) is 0 Å². The second-order valence-electron chi connectivity index (χ2n) is 4.02. The number of aromatic carboxylic acids is 1. The number of carboxylic acid groups (broad SMARTS) is 1. The molecular weight excluding hydrogens is 302 g/mol. The van der Waals surface area contributed by atoms with E-state index in [1.807, 2.05) is 5.38 Å². The fourth-order valence-electron chi connectivity index (χ4n) is 1.74. The van der Waals surface area contributed by atoms with Gasteiger partial charge in [-0.15, -0.1) is 11.3 Å². The van der Waals surface area contributed by atoms with Crippen molar-refractivity contribution in [2.75, 3.05) is 0 Å². The highest BCUT2D eigenvalue weighted by Gasteiger charge is 2.21. The van der Waals surface area contributed by atoms with Gasteiger partial charge in [-0.2, -0.15) is 4.98 Å². The molecule has 0 radical (unpaired) electrons. The first-order valence-corrected chi connectivity index (χ1v) is 6.54. The Morgan fingerprint density at radius 2 is 2.05 bits per heavy atom. The third-order valence-electron chi connectivity index (χ3n) is 2.69. The Morgan fingerprint density at radius 1 is 1.29 bits per heavy atom. The van der Waals surface area contributed by atoms with Crippen LogP contribution in [0.2, 0.25) is 0 Å². The second kappa shape index (κ2) is 5.06. The molecule has 106 valence electrons. The van der Waals surface area contributed by atoms with E-state index in [0.717, 1.165) is 6.07 Å². The minimum absolute atomic E-state index is 0.170. The van der Waals surface area contributed by atoms with E-state index in [0.29, 0.717) is 10.9 Å². The largest absolute Gasteiger partial charge is 0.478 e. The minimum atomic E-state index is -1.42. The van der Waals surface area contributed by atoms with E-state index in [1.165, 1.54) is 11.3 Å². The molecule has 0 aliphatic heterocycles. The number of hydrogen-bond donors (Lipinski definition) is 1. The fourth-order valence-corrected chi connectivity index (χ4v) is 2.39. The molecule has 8 heteroatoms. The summed E-state index contributed by atoms with van der Waals surface area (Å²) < 4.78 is 31.4. The summed E-state index contributed by atoms with van der Waals surface area (Å²) in [4.78, 5) is 15.8. The van der Waals surface area contributed by atoms with Crippen molar-refractivity contribution in [2.45, 2.75) is 0 Å². The van der Waals surface area contributed by atoms with Crippen LogP contribution in [-0.2, 0) is 0 Å². The molecular formula is C13H6F2N2O3S. The van der Waals surface area contributed by atoms with Gasteiger partial charge >= 0.3 is 5.97 Å². The van der Waals surface area contributed by atoms with Gasteiger partial charge in [0, 0.05) is 0 Å². The average molecular weight is 308 g/mol. The Balaban J connectivity index is 2.12. The lowest BCUT2D eigenvalue weighted by molar-refractivity contribution is 0.0696. The summed E-state index contributed by atoms with van der Waals surface area (Å²) in [6.45, 7) is 0. The number of nitrogens with zero attached hydrogens (tertiary/aromatic N) is 2. The molecule has 2 heterocycles. The van der Waals surface area contributed by atoms with Crippen LogP contribution >= 0.6 is 11.3 Å². The summed E-state index contributed by atoms with van der Waals surface area (Å²) in [5.74, 6) is -3.80. The SMILES string of the molecule is O=C(O)c1cc(F)c(F)cc1-c1nc(-c2cccs2)no1. The van der Waals surface area contributed by atoms with Crippen LogP contribution in [0.15, 0.2) is 34.2 Å². The number of rotatable bonds is 3. The van der Waals surface area contributed by atoms with Gasteiger partial charge in [0.2, 0.25) is 5.82 Å². The first-order valence-electron chi connectivity index (χ1n) is 5.66. The molecule has 3 rings (SSSR count). The number of thiophene rings is 1. The summed E-state index contributed by atoms with van der Waals surface area (Å²) in [6, 6.07) is 4.85. The molecule has 0 aliphatic rings. The molecule has 0 saturated carbocycles. The zero-order valence-electron chi connectivity index (χ0n) is 10.2. The Morgan fingerprint density at radius 3 is 2.71 bits per heavy atom. The number of carbonyl (C=O) groups is 1. The van der Waals surface area contributed by atoms with Crippen LogP contribution in [0.25, 0.3) is 22.2 Å². The summed E-state index contributed by atoms with van der Waals surface area (Å²) in [6.07, 6.45) is 0. The smallest absolute Gasteiger partial charge is 0.336 e. The average Bonchev–Trinajstić information content (AvgIpc) is 3.10. The molecule has 0 fully saturated rings. The van der Waals surface area contributed by atoms with Crippen LogP contribution in [0.3, 0.4) is 0 Å². The van der Waals surface area contributed by atoms with E-state index >= 15 is 0 Å². The summed E-state index contributed by atoms with van der Waals surface area (Å²) in [5.41, 5.74) is -0.619. The van der Waals surface area contributed by atoms with E-state index in [9.17, 15) is 13.6 Å². The Kier molecular flexibility index (Phi) is 3.22. The predicted molar refractivity (Wildman–Crippen MR) is 69.9 cm³/mol. The highest BCUT2D eigenvalue weighted by Crippen LogP contribution is 2.28. The first-order chi connectivity index (χ1) is 10.1. The van der Waals surface area contributed by atoms with Gasteiger partial charge in [-0.05, 0) is 23.6 Å². The number of halogens is 2. The van der Waals surface area contributed by atoms with E-state index in [4.69, 9.17) is 9.63 Å². The van der Waals surface area contributed by atoms with E-state index in [2.05, 4.69) is 10.1 Å². The van der Waals surface area contributed by atoms with Gasteiger partial charge in [0.25, 0.3) is 5.89 Å². The van der Waals surface area contributed by atoms with Crippen molar-refractivity contribution in [1.82, 2.24) is 10.1 Å². The van der Waals surface area contributed by atoms with Crippen molar-refractivity contribution in [1.29, 1.82) is 0 Å².